The molecular formula is C16H15NO2. The van der Waals surface area contributed by atoms with Gasteiger partial charge in [0.2, 0.25) is 5.78 Å². The predicted molar refractivity (Wildman–Crippen MR) is 74.6 cm³/mol. The van der Waals surface area contributed by atoms with Crippen molar-refractivity contribution >= 4 is 16.7 Å². The number of carbonyl (C=O) groups excluding carboxylic acids is 1. The molecule has 0 saturated heterocycles. The number of benzene rings is 1. The zero-order valence-corrected chi connectivity index (χ0v) is 11.0. The van der Waals surface area contributed by atoms with Crippen LogP contribution < -0.4 is 0 Å². The summed E-state index contributed by atoms with van der Waals surface area (Å²) in [5.74, 6) is 1.16. The van der Waals surface area contributed by atoms with Gasteiger partial charge in [0.25, 0.3) is 0 Å². The van der Waals surface area contributed by atoms with E-state index in [0.717, 1.165) is 28.6 Å². The smallest absolute Gasteiger partial charge is 0.230 e. The molecule has 19 heavy (non-hydrogen) atoms. The van der Waals surface area contributed by atoms with Crippen molar-refractivity contribution in [3.63, 3.8) is 0 Å². The van der Waals surface area contributed by atoms with Crippen molar-refractivity contribution in [1.82, 2.24) is 4.98 Å². The molecule has 0 aliphatic heterocycles. The van der Waals surface area contributed by atoms with Crippen molar-refractivity contribution in [2.75, 3.05) is 0 Å². The number of hydrogen-bond acceptors (Lipinski definition) is 2. The Balaban J connectivity index is 2.08. The van der Waals surface area contributed by atoms with Crippen LogP contribution in [0.4, 0.5) is 0 Å². The summed E-state index contributed by atoms with van der Waals surface area (Å²) in [6.07, 6.45) is 2.54. The standard InChI is InChI=1S/C16H15NO2/c1-3-11-5-7-15(19-11)16(18)13-9-17-14-6-4-10(2)8-12(13)14/h4-9,17H,3H2,1-2H3. The first-order chi connectivity index (χ1) is 9.19. The second-order valence-corrected chi connectivity index (χ2v) is 4.70. The molecule has 0 saturated carbocycles. The molecule has 3 nitrogen and oxygen atoms in total. The third kappa shape index (κ3) is 1.97. The van der Waals surface area contributed by atoms with E-state index < -0.39 is 0 Å². The molecule has 1 aromatic carbocycles. The minimum absolute atomic E-state index is 0.0726. The van der Waals surface area contributed by atoms with Gasteiger partial charge in [0, 0.05) is 23.5 Å². The first-order valence-electron chi connectivity index (χ1n) is 6.40. The van der Waals surface area contributed by atoms with Crippen molar-refractivity contribution in [1.29, 1.82) is 0 Å². The molecule has 96 valence electrons. The first-order valence-corrected chi connectivity index (χ1v) is 6.40. The number of rotatable bonds is 3. The minimum atomic E-state index is -0.0726. The van der Waals surface area contributed by atoms with Gasteiger partial charge in [0.1, 0.15) is 5.76 Å². The van der Waals surface area contributed by atoms with Crippen molar-refractivity contribution in [3.05, 3.63) is 59.2 Å². The van der Waals surface area contributed by atoms with E-state index in [4.69, 9.17) is 4.42 Å². The minimum Gasteiger partial charge on any atom is -0.458 e. The maximum Gasteiger partial charge on any atom is 0.230 e. The van der Waals surface area contributed by atoms with E-state index in [1.165, 1.54) is 0 Å². The van der Waals surface area contributed by atoms with Gasteiger partial charge in [-0.1, -0.05) is 18.6 Å². The Morgan fingerprint density at radius 3 is 2.84 bits per heavy atom. The van der Waals surface area contributed by atoms with E-state index in [9.17, 15) is 4.79 Å². The first kappa shape index (κ1) is 11.8. The number of aryl methyl sites for hydroxylation is 2. The SMILES string of the molecule is CCc1ccc(C(=O)c2c[nH]c3ccc(C)cc23)o1. The Bertz CT molecular complexity index is 749. The summed E-state index contributed by atoms with van der Waals surface area (Å²) >= 11 is 0. The molecule has 0 fully saturated rings. The topological polar surface area (TPSA) is 46.0 Å². The lowest BCUT2D eigenvalue weighted by molar-refractivity contribution is 0.101. The van der Waals surface area contributed by atoms with E-state index >= 15 is 0 Å². The maximum absolute atomic E-state index is 12.4. The van der Waals surface area contributed by atoms with Crippen LogP contribution in [0, 0.1) is 6.92 Å². The highest BCUT2D eigenvalue weighted by atomic mass is 16.3. The third-order valence-corrected chi connectivity index (χ3v) is 3.32. The summed E-state index contributed by atoms with van der Waals surface area (Å²) < 4.78 is 5.53. The molecule has 0 amide bonds. The number of fused-ring (bicyclic) bond motifs is 1. The monoisotopic (exact) mass is 253 g/mol. The molecule has 3 rings (SSSR count). The van der Waals surface area contributed by atoms with Crippen molar-refractivity contribution in [2.45, 2.75) is 20.3 Å². The number of hydrogen-bond donors (Lipinski definition) is 1. The summed E-state index contributed by atoms with van der Waals surface area (Å²) in [6, 6.07) is 9.63. The molecule has 0 atom stereocenters. The van der Waals surface area contributed by atoms with E-state index in [2.05, 4.69) is 4.98 Å². The lowest BCUT2D eigenvalue weighted by Crippen LogP contribution is -1.98. The van der Waals surface area contributed by atoms with Crippen LogP contribution in [0.1, 0.15) is 34.4 Å². The lowest BCUT2D eigenvalue weighted by atomic mass is 10.1. The number of aromatic nitrogens is 1. The Kier molecular flexibility index (Phi) is 2.75. The van der Waals surface area contributed by atoms with Gasteiger partial charge in [-0.2, -0.15) is 0 Å². The van der Waals surface area contributed by atoms with Crippen LogP contribution in [0.3, 0.4) is 0 Å². The van der Waals surface area contributed by atoms with Crippen LogP contribution in [-0.4, -0.2) is 10.8 Å². The Labute approximate surface area is 111 Å². The number of aromatic amines is 1. The average molecular weight is 253 g/mol. The summed E-state index contributed by atoms with van der Waals surface area (Å²) in [6.45, 7) is 4.02. The molecule has 3 heteroatoms. The normalized spacial score (nSPS) is 11.1. The van der Waals surface area contributed by atoms with Crippen molar-refractivity contribution in [3.8, 4) is 0 Å². The maximum atomic E-state index is 12.4. The molecular weight excluding hydrogens is 238 g/mol. The molecule has 0 bridgehead atoms. The highest BCUT2D eigenvalue weighted by Crippen LogP contribution is 2.23. The quantitative estimate of drug-likeness (QED) is 0.720. The molecule has 0 unspecified atom stereocenters. The Hall–Kier alpha value is -2.29. The largest absolute Gasteiger partial charge is 0.458 e. The van der Waals surface area contributed by atoms with Gasteiger partial charge in [0.15, 0.2) is 5.76 Å². The summed E-state index contributed by atoms with van der Waals surface area (Å²) in [4.78, 5) is 15.6. The van der Waals surface area contributed by atoms with Gasteiger partial charge >= 0.3 is 0 Å². The van der Waals surface area contributed by atoms with Crippen LogP contribution in [0.5, 0.6) is 0 Å². The lowest BCUT2D eigenvalue weighted by Gasteiger charge is -1.97. The second kappa shape index (κ2) is 4.43. The highest BCUT2D eigenvalue weighted by molar-refractivity contribution is 6.15. The van der Waals surface area contributed by atoms with E-state index in [1.807, 2.05) is 38.1 Å². The summed E-state index contributed by atoms with van der Waals surface area (Å²) in [5, 5.41) is 0.944. The predicted octanol–water partition coefficient (Wildman–Crippen LogP) is 3.86. The number of carbonyl (C=O) groups is 1. The fourth-order valence-electron chi connectivity index (χ4n) is 2.25. The molecule has 2 aromatic heterocycles. The van der Waals surface area contributed by atoms with Gasteiger partial charge in [-0.3, -0.25) is 4.79 Å². The fraction of sp³-hybridized carbons (Fsp3) is 0.188. The van der Waals surface area contributed by atoms with Crippen LogP contribution in [0.25, 0.3) is 10.9 Å². The molecule has 0 radical (unpaired) electrons. The van der Waals surface area contributed by atoms with Crippen LogP contribution >= 0.6 is 0 Å². The van der Waals surface area contributed by atoms with Gasteiger partial charge in [-0.05, 0) is 31.2 Å². The zero-order valence-electron chi connectivity index (χ0n) is 11.0. The van der Waals surface area contributed by atoms with Crippen LogP contribution in [0.2, 0.25) is 0 Å². The molecule has 2 heterocycles. The van der Waals surface area contributed by atoms with Crippen LogP contribution in [0.15, 0.2) is 40.9 Å². The number of nitrogens with one attached hydrogen (secondary N) is 1. The Morgan fingerprint density at radius 1 is 1.26 bits per heavy atom. The number of H-pyrrole nitrogens is 1. The van der Waals surface area contributed by atoms with Crippen LogP contribution in [-0.2, 0) is 6.42 Å². The molecule has 0 aliphatic rings. The molecule has 0 aliphatic carbocycles. The Morgan fingerprint density at radius 2 is 2.11 bits per heavy atom. The van der Waals surface area contributed by atoms with Gasteiger partial charge in [-0.25, -0.2) is 0 Å². The van der Waals surface area contributed by atoms with Gasteiger partial charge in [-0.15, -0.1) is 0 Å². The zero-order chi connectivity index (χ0) is 13.4. The van der Waals surface area contributed by atoms with E-state index in [-0.39, 0.29) is 5.78 Å². The van der Waals surface area contributed by atoms with E-state index in [1.54, 1.807) is 12.3 Å². The highest BCUT2D eigenvalue weighted by Gasteiger charge is 2.17. The third-order valence-electron chi connectivity index (χ3n) is 3.32. The summed E-state index contributed by atoms with van der Waals surface area (Å²) in [7, 11) is 0. The molecule has 1 N–H and O–H groups in total. The number of furan rings is 1. The summed E-state index contributed by atoms with van der Waals surface area (Å²) in [5.41, 5.74) is 2.77. The van der Waals surface area contributed by atoms with Gasteiger partial charge < -0.3 is 9.40 Å². The number of ketones is 1. The van der Waals surface area contributed by atoms with Crippen molar-refractivity contribution < 1.29 is 9.21 Å². The second-order valence-electron chi connectivity index (χ2n) is 4.70. The fourth-order valence-corrected chi connectivity index (χ4v) is 2.25. The van der Waals surface area contributed by atoms with E-state index in [0.29, 0.717) is 11.3 Å². The van der Waals surface area contributed by atoms with Gasteiger partial charge in [0.05, 0.1) is 5.56 Å². The average Bonchev–Trinajstić information content (AvgIpc) is 3.04. The molecule has 0 spiro atoms. The molecule has 3 aromatic rings. The van der Waals surface area contributed by atoms with Crippen molar-refractivity contribution in [2.24, 2.45) is 0 Å².